The third-order valence-corrected chi connectivity index (χ3v) is 5.55. The van der Waals surface area contributed by atoms with Crippen LogP contribution in [0.4, 0.5) is 0 Å². The van der Waals surface area contributed by atoms with Crippen LogP contribution in [0.15, 0.2) is 39.5 Å². The van der Waals surface area contributed by atoms with Gasteiger partial charge in [0, 0.05) is 34.9 Å². The summed E-state index contributed by atoms with van der Waals surface area (Å²) in [6.45, 7) is 0. The van der Waals surface area contributed by atoms with Crippen LogP contribution in [-0.4, -0.2) is 41.8 Å². The highest BCUT2D eigenvalue weighted by molar-refractivity contribution is 6.10. The van der Waals surface area contributed by atoms with Crippen molar-refractivity contribution in [2.24, 2.45) is 0 Å². The summed E-state index contributed by atoms with van der Waals surface area (Å²) in [5.41, 5.74) is -0.730. The normalized spacial score (nSPS) is 17.9. The first-order chi connectivity index (χ1) is 15.2. The summed E-state index contributed by atoms with van der Waals surface area (Å²) >= 11 is 0. The molecule has 0 saturated heterocycles. The average molecular weight is 440 g/mol. The fourth-order valence-corrected chi connectivity index (χ4v) is 4.07. The number of aliphatic hydroxyl groups is 1. The second-order valence-electron chi connectivity index (χ2n) is 7.57. The quantitative estimate of drug-likeness (QED) is 0.132. The summed E-state index contributed by atoms with van der Waals surface area (Å²) in [6, 6.07) is 5.91. The predicted octanol–water partition coefficient (Wildman–Crippen LogP) is 2.22. The van der Waals surface area contributed by atoms with E-state index >= 15 is 0 Å². The van der Waals surface area contributed by atoms with Crippen molar-refractivity contribution in [1.82, 2.24) is 0 Å². The number of ether oxygens (including phenoxy) is 1. The van der Waals surface area contributed by atoms with Gasteiger partial charge in [0.2, 0.25) is 5.75 Å². The molecule has 0 bridgehead atoms. The van der Waals surface area contributed by atoms with Crippen LogP contribution in [0.2, 0.25) is 0 Å². The largest absolute Gasteiger partial charge is 0.508 e. The van der Waals surface area contributed by atoms with Crippen molar-refractivity contribution in [3.63, 3.8) is 0 Å². The van der Waals surface area contributed by atoms with Gasteiger partial charge in [-0.05, 0) is 23.8 Å². The maximum Gasteiger partial charge on any atom is 0.344 e. The van der Waals surface area contributed by atoms with E-state index in [1.54, 1.807) is 0 Å². The first-order valence-electron chi connectivity index (χ1n) is 9.42. The maximum absolute atomic E-state index is 12.3. The predicted molar refractivity (Wildman–Crippen MR) is 110 cm³/mol. The van der Waals surface area contributed by atoms with Gasteiger partial charge in [-0.25, -0.2) is 4.79 Å². The van der Waals surface area contributed by atoms with Gasteiger partial charge in [0.1, 0.15) is 23.4 Å². The highest BCUT2D eigenvalue weighted by atomic mass is 16.5. The number of phenols is 6. The lowest BCUT2D eigenvalue weighted by Crippen LogP contribution is -2.30. The lowest BCUT2D eigenvalue weighted by Gasteiger charge is -2.31. The molecule has 0 saturated carbocycles. The minimum atomic E-state index is -1.16. The fourth-order valence-electron chi connectivity index (χ4n) is 4.07. The van der Waals surface area contributed by atoms with E-state index in [2.05, 4.69) is 0 Å². The maximum atomic E-state index is 12.3. The molecule has 0 amide bonds. The number of hydrogen-bond donors (Lipinski definition) is 7. The first-order valence-corrected chi connectivity index (χ1v) is 9.42. The molecule has 0 radical (unpaired) electrons. The van der Waals surface area contributed by atoms with Crippen LogP contribution in [0.25, 0.3) is 21.7 Å². The Kier molecular flexibility index (Phi) is 4.05. The Morgan fingerprint density at radius 1 is 0.812 bits per heavy atom. The molecule has 3 aromatic carbocycles. The molecule has 32 heavy (non-hydrogen) atoms. The molecule has 10 heteroatoms. The van der Waals surface area contributed by atoms with E-state index in [1.165, 1.54) is 18.2 Å². The Labute approximate surface area is 178 Å². The fraction of sp³-hybridized carbons (Fsp3) is 0.136. The summed E-state index contributed by atoms with van der Waals surface area (Å²) in [6.07, 6.45) is -2.24. The molecular weight excluding hydrogens is 424 g/mol. The van der Waals surface area contributed by atoms with E-state index in [0.717, 1.165) is 12.1 Å². The Bertz CT molecular complexity index is 1490. The van der Waals surface area contributed by atoms with Crippen LogP contribution < -0.4 is 10.4 Å². The van der Waals surface area contributed by atoms with Gasteiger partial charge in [-0.3, -0.25) is 0 Å². The molecule has 0 aliphatic carbocycles. The number of benzene rings is 3. The SMILES string of the molecule is O=c1oc2c(O)cc([C@@H]3Oc4cc(O)cc(O)c4C[C@H]3O)cc2c2c(O)c(O)c(O)cc12. The molecule has 1 aliphatic heterocycles. The average Bonchev–Trinajstić information content (AvgIpc) is 2.73. The van der Waals surface area contributed by atoms with E-state index in [-0.39, 0.29) is 51.0 Å². The van der Waals surface area contributed by atoms with E-state index in [4.69, 9.17) is 9.15 Å². The zero-order valence-electron chi connectivity index (χ0n) is 16.1. The molecular formula is C22H16O10. The van der Waals surface area contributed by atoms with Gasteiger partial charge in [0.15, 0.2) is 22.8 Å². The van der Waals surface area contributed by atoms with E-state index in [0.29, 0.717) is 5.56 Å². The van der Waals surface area contributed by atoms with E-state index in [9.17, 15) is 40.5 Å². The summed E-state index contributed by atoms with van der Waals surface area (Å²) < 4.78 is 10.9. The molecule has 4 aromatic rings. The van der Waals surface area contributed by atoms with Crippen molar-refractivity contribution >= 4 is 21.7 Å². The summed E-state index contributed by atoms with van der Waals surface area (Å²) in [5, 5.41) is 70.6. The first kappa shape index (κ1) is 19.6. The van der Waals surface area contributed by atoms with Crippen LogP contribution in [0.5, 0.6) is 40.2 Å². The topological polar surface area (TPSA) is 181 Å². The van der Waals surface area contributed by atoms with Gasteiger partial charge in [-0.2, -0.15) is 0 Å². The number of hydrogen-bond acceptors (Lipinski definition) is 10. The van der Waals surface area contributed by atoms with E-state index < -0.39 is 40.8 Å². The number of rotatable bonds is 1. The number of phenolic OH excluding ortho intramolecular Hbond substituents is 6. The Morgan fingerprint density at radius 2 is 1.56 bits per heavy atom. The zero-order chi connectivity index (χ0) is 22.9. The van der Waals surface area contributed by atoms with Gasteiger partial charge < -0.3 is 44.9 Å². The Balaban J connectivity index is 1.75. The van der Waals surface area contributed by atoms with E-state index in [1.807, 2.05) is 0 Å². The lowest BCUT2D eigenvalue weighted by molar-refractivity contribution is 0.0198. The van der Waals surface area contributed by atoms with Crippen LogP contribution in [0.3, 0.4) is 0 Å². The third-order valence-electron chi connectivity index (χ3n) is 5.55. The summed E-state index contributed by atoms with van der Waals surface area (Å²) in [5.74, 6) is -3.24. The summed E-state index contributed by atoms with van der Waals surface area (Å²) in [7, 11) is 0. The van der Waals surface area contributed by atoms with Crippen molar-refractivity contribution < 1.29 is 44.9 Å². The Morgan fingerprint density at radius 3 is 2.31 bits per heavy atom. The second kappa shape index (κ2) is 6.59. The molecule has 2 atom stereocenters. The number of aliphatic hydroxyl groups excluding tert-OH is 1. The van der Waals surface area contributed by atoms with Gasteiger partial charge in [-0.15, -0.1) is 0 Å². The monoisotopic (exact) mass is 440 g/mol. The molecule has 0 spiro atoms. The molecule has 0 fully saturated rings. The highest BCUT2D eigenvalue weighted by Gasteiger charge is 2.33. The van der Waals surface area contributed by atoms with Crippen LogP contribution in [0, 0.1) is 0 Å². The van der Waals surface area contributed by atoms with Gasteiger partial charge in [0.05, 0.1) is 11.5 Å². The molecule has 164 valence electrons. The molecule has 2 heterocycles. The standard InChI is InChI=1S/C22H16O10/c23-8-3-12(24)9-5-15(27)20(31-16(9)4-8)7-1-10-17-11(6-13(25)18(28)19(17)29)22(30)32-21(10)14(26)2-7/h1-4,6,15,20,23-29H,5H2/t15-,20+/m1/s1. The van der Waals surface area contributed by atoms with Crippen LogP contribution in [-0.2, 0) is 6.42 Å². The van der Waals surface area contributed by atoms with Crippen molar-refractivity contribution in [1.29, 1.82) is 0 Å². The zero-order valence-corrected chi connectivity index (χ0v) is 16.1. The van der Waals surface area contributed by atoms with Crippen LogP contribution in [0.1, 0.15) is 17.2 Å². The molecule has 10 nitrogen and oxygen atoms in total. The highest BCUT2D eigenvalue weighted by Crippen LogP contribution is 2.46. The molecule has 0 unspecified atom stereocenters. The summed E-state index contributed by atoms with van der Waals surface area (Å²) in [4.78, 5) is 12.3. The lowest BCUT2D eigenvalue weighted by atomic mass is 9.92. The van der Waals surface area contributed by atoms with Gasteiger partial charge >= 0.3 is 5.63 Å². The van der Waals surface area contributed by atoms with Crippen molar-refractivity contribution in [3.05, 3.63) is 51.9 Å². The second-order valence-corrected chi connectivity index (χ2v) is 7.57. The minimum Gasteiger partial charge on any atom is -0.508 e. The van der Waals surface area contributed by atoms with Crippen molar-refractivity contribution in [2.45, 2.75) is 18.6 Å². The van der Waals surface area contributed by atoms with Gasteiger partial charge in [0.25, 0.3) is 0 Å². The molecule has 1 aromatic heterocycles. The molecule has 5 rings (SSSR count). The number of aromatic hydroxyl groups is 6. The third kappa shape index (κ3) is 2.73. The number of fused-ring (bicyclic) bond motifs is 4. The smallest absolute Gasteiger partial charge is 0.344 e. The van der Waals surface area contributed by atoms with Crippen LogP contribution >= 0.6 is 0 Å². The molecule has 7 N–H and O–H groups in total. The minimum absolute atomic E-state index is 0.0164. The van der Waals surface area contributed by atoms with Gasteiger partial charge in [-0.1, -0.05) is 0 Å². The van der Waals surface area contributed by atoms with Crippen molar-refractivity contribution in [2.75, 3.05) is 0 Å². The Hall–Kier alpha value is -4.31. The van der Waals surface area contributed by atoms with Crippen molar-refractivity contribution in [3.8, 4) is 40.2 Å². The molecule has 1 aliphatic rings.